The predicted molar refractivity (Wildman–Crippen MR) is 53.1 cm³/mol. The maximum Gasteiger partial charge on any atom is 0.220 e. The highest BCUT2D eigenvalue weighted by molar-refractivity contribution is 5.80. The van der Waals surface area contributed by atoms with E-state index in [4.69, 9.17) is 0 Å². The average molecular weight is 191 g/mol. The topological polar surface area (TPSA) is 49.3 Å². The number of phenols is 1. The van der Waals surface area contributed by atoms with Crippen molar-refractivity contribution in [1.82, 2.24) is 5.32 Å². The summed E-state index contributed by atoms with van der Waals surface area (Å²) >= 11 is 0. The van der Waals surface area contributed by atoms with Gasteiger partial charge in [0.15, 0.2) is 0 Å². The maximum absolute atomic E-state index is 11.2. The number of hydrogen-bond acceptors (Lipinski definition) is 2. The summed E-state index contributed by atoms with van der Waals surface area (Å²) < 4.78 is 0. The van der Waals surface area contributed by atoms with Gasteiger partial charge in [-0.2, -0.15) is 0 Å². The van der Waals surface area contributed by atoms with Crippen LogP contribution in [0.15, 0.2) is 24.3 Å². The Labute approximate surface area is 82.8 Å². The smallest absolute Gasteiger partial charge is 0.220 e. The van der Waals surface area contributed by atoms with Crippen LogP contribution >= 0.6 is 0 Å². The second-order valence-electron chi connectivity index (χ2n) is 4.03. The van der Waals surface area contributed by atoms with Crippen LogP contribution in [0.25, 0.3) is 0 Å². The Bertz CT molecular complexity index is 375. The van der Waals surface area contributed by atoms with Crippen molar-refractivity contribution >= 4 is 5.91 Å². The molecule has 14 heavy (non-hydrogen) atoms. The van der Waals surface area contributed by atoms with Gasteiger partial charge in [0.2, 0.25) is 5.91 Å². The lowest BCUT2D eigenvalue weighted by Gasteiger charge is -2.22. The fourth-order valence-corrected chi connectivity index (χ4v) is 1.95. The van der Waals surface area contributed by atoms with E-state index in [1.807, 2.05) is 19.1 Å². The number of hydrogen-bond donors (Lipinski definition) is 2. The van der Waals surface area contributed by atoms with Crippen molar-refractivity contribution in [3.8, 4) is 5.75 Å². The van der Waals surface area contributed by atoms with Gasteiger partial charge in [-0.15, -0.1) is 0 Å². The maximum atomic E-state index is 11.2. The Kier molecular flexibility index (Phi) is 1.95. The van der Waals surface area contributed by atoms with Crippen molar-refractivity contribution in [2.24, 2.45) is 0 Å². The highest BCUT2D eigenvalue weighted by Gasteiger charge is 2.36. The third kappa shape index (κ3) is 1.35. The minimum absolute atomic E-state index is 0.0516. The molecule has 1 aromatic rings. The van der Waals surface area contributed by atoms with Gasteiger partial charge in [-0.1, -0.05) is 25.1 Å². The lowest BCUT2D eigenvalue weighted by Crippen LogP contribution is -2.24. The quantitative estimate of drug-likeness (QED) is 0.700. The fourth-order valence-electron chi connectivity index (χ4n) is 1.95. The first-order valence-electron chi connectivity index (χ1n) is 4.67. The van der Waals surface area contributed by atoms with E-state index in [2.05, 4.69) is 5.32 Å². The summed E-state index contributed by atoms with van der Waals surface area (Å²) in [6.45, 7) is 2.59. The standard InChI is InChI=1S/C11H13NO2/c1-11(6-10(14)12-7-11)8-4-2-3-5-9(8)13/h2-5,13H,6-7H2,1H3,(H,12,14). The molecular formula is C11H13NO2. The summed E-state index contributed by atoms with van der Waals surface area (Å²) in [6.07, 6.45) is 0.449. The van der Waals surface area contributed by atoms with E-state index in [9.17, 15) is 9.90 Å². The number of benzene rings is 1. The van der Waals surface area contributed by atoms with Gasteiger partial charge in [0.25, 0.3) is 0 Å². The zero-order chi connectivity index (χ0) is 10.2. The number of carbonyl (C=O) groups is 1. The number of amides is 1. The van der Waals surface area contributed by atoms with Crippen LogP contribution in [-0.4, -0.2) is 17.6 Å². The van der Waals surface area contributed by atoms with Crippen molar-refractivity contribution in [3.05, 3.63) is 29.8 Å². The Morgan fingerprint density at radius 3 is 2.71 bits per heavy atom. The summed E-state index contributed by atoms with van der Waals surface area (Å²) in [6, 6.07) is 7.19. The average Bonchev–Trinajstić information content (AvgIpc) is 2.48. The van der Waals surface area contributed by atoms with Crippen molar-refractivity contribution in [1.29, 1.82) is 0 Å². The van der Waals surface area contributed by atoms with Gasteiger partial charge in [-0.3, -0.25) is 4.79 Å². The largest absolute Gasteiger partial charge is 0.508 e. The van der Waals surface area contributed by atoms with Gasteiger partial charge in [0.1, 0.15) is 5.75 Å². The Balaban J connectivity index is 2.40. The van der Waals surface area contributed by atoms with Gasteiger partial charge in [-0.25, -0.2) is 0 Å². The molecule has 1 aromatic carbocycles. The van der Waals surface area contributed by atoms with Crippen molar-refractivity contribution in [2.75, 3.05) is 6.54 Å². The second kappa shape index (κ2) is 3.01. The molecule has 0 bridgehead atoms. The second-order valence-corrected chi connectivity index (χ2v) is 4.03. The molecule has 1 heterocycles. The number of aromatic hydroxyl groups is 1. The molecule has 0 saturated carbocycles. The normalized spacial score (nSPS) is 26.2. The van der Waals surface area contributed by atoms with Crippen LogP contribution in [0.2, 0.25) is 0 Å². The van der Waals surface area contributed by atoms with Gasteiger partial charge < -0.3 is 10.4 Å². The minimum atomic E-state index is -0.261. The van der Waals surface area contributed by atoms with E-state index >= 15 is 0 Å². The van der Waals surface area contributed by atoms with Gasteiger partial charge >= 0.3 is 0 Å². The highest BCUT2D eigenvalue weighted by atomic mass is 16.3. The summed E-state index contributed by atoms with van der Waals surface area (Å²) in [7, 11) is 0. The molecule has 2 N–H and O–H groups in total. The molecule has 1 aliphatic heterocycles. The van der Waals surface area contributed by atoms with E-state index < -0.39 is 0 Å². The monoisotopic (exact) mass is 191 g/mol. The Hall–Kier alpha value is -1.51. The zero-order valence-corrected chi connectivity index (χ0v) is 8.08. The Morgan fingerprint density at radius 1 is 1.43 bits per heavy atom. The van der Waals surface area contributed by atoms with Crippen LogP contribution in [0.1, 0.15) is 18.9 Å². The zero-order valence-electron chi connectivity index (χ0n) is 8.08. The van der Waals surface area contributed by atoms with Gasteiger partial charge in [0.05, 0.1) is 0 Å². The van der Waals surface area contributed by atoms with Crippen LogP contribution < -0.4 is 5.32 Å². The van der Waals surface area contributed by atoms with Crippen molar-refractivity contribution in [2.45, 2.75) is 18.8 Å². The summed E-state index contributed by atoms with van der Waals surface area (Å²) in [5.74, 6) is 0.322. The van der Waals surface area contributed by atoms with E-state index in [0.29, 0.717) is 13.0 Å². The lowest BCUT2D eigenvalue weighted by molar-refractivity contribution is -0.119. The summed E-state index contributed by atoms with van der Waals surface area (Å²) in [5, 5.41) is 12.5. The molecule has 0 spiro atoms. The molecule has 1 amide bonds. The molecule has 3 heteroatoms. The first-order valence-corrected chi connectivity index (χ1v) is 4.67. The van der Waals surface area contributed by atoms with Gasteiger partial charge in [-0.05, 0) is 6.07 Å². The molecule has 1 unspecified atom stereocenters. The first kappa shape index (κ1) is 9.06. The molecule has 0 aliphatic carbocycles. The SMILES string of the molecule is CC1(c2ccccc2O)CNC(=O)C1. The molecular weight excluding hydrogens is 178 g/mol. The van der Waals surface area contributed by atoms with E-state index in [-0.39, 0.29) is 17.1 Å². The van der Waals surface area contributed by atoms with Crippen LogP contribution in [0.4, 0.5) is 0 Å². The van der Waals surface area contributed by atoms with E-state index in [0.717, 1.165) is 5.56 Å². The third-order valence-electron chi connectivity index (χ3n) is 2.78. The number of carbonyl (C=O) groups excluding carboxylic acids is 1. The van der Waals surface area contributed by atoms with Crippen LogP contribution in [-0.2, 0) is 10.2 Å². The molecule has 3 nitrogen and oxygen atoms in total. The van der Waals surface area contributed by atoms with E-state index in [1.165, 1.54) is 0 Å². The van der Waals surface area contributed by atoms with Crippen molar-refractivity contribution < 1.29 is 9.90 Å². The van der Waals surface area contributed by atoms with Gasteiger partial charge in [0, 0.05) is 23.9 Å². The van der Waals surface area contributed by atoms with E-state index in [1.54, 1.807) is 12.1 Å². The molecule has 0 aromatic heterocycles. The number of nitrogens with one attached hydrogen (secondary N) is 1. The fraction of sp³-hybridized carbons (Fsp3) is 0.364. The molecule has 2 rings (SSSR count). The minimum Gasteiger partial charge on any atom is -0.508 e. The number of rotatable bonds is 1. The number of para-hydroxylation sites is 1. The highest BCUT2D eigenvalue weighted by Crippen LogP contribution is 2.35. The van der Waals surface area contributed by atoms with Crippen LogP contribution in [0.3, 0.4) is 0 Å². The third-order valence-corrected chi connectivity index (χ3v) is 2.78. The molecule has 74 valence electrons. The summed E-state index contributed by atoms with van der Waals surface area (Å²) in [5.41, 5.74) is 0.584. The molecule has 1 fully saturated rings. The molecule has 0 radical (unpaired) electrons. The van der Waals surface area contributed by atoms with Crippen LogP contribution in [0.5, 0.6) is 5.75 Å². The molecule has 1 atom stereocenters. The molecule has 1 aliphatic rings. The first-order chi connectivity index (χ1) is 6.62. The lowest BCUT2D eigenvalue weighted by atomic mass is 9.81. The van der Waals surface area contributed by atoms with Crippen LogP contribution in [0, 0.1) is 0 Å². The van der Waals surface area contributed by atoms with Crippen molar-refractivity contribution in [3.63, 3.8) is 0 Å². The predicted octanol–water partition coefficient (Wildman–Crippen LogP) is 1.17. The number of phenolic OH excluding ortho intramolecular Hbond substituents is 1. The molecule has 1 saturated heterocycles. The summed E-state index contributed by atoms with van der Waals surface area (Å²) in [4.78, 5) is 11.2. The Morgan fingerprint density at radius 2 is 2.14 bits per heavy atom.